The number of benzene rings is 2. The van der Waals surface area contributed by atoms with Gasteiger partial charge in [-0.25, -0.2) is 0 Å². The van der Waals surface area contributed by atoms with Gasteiger partial charge in [0.1, 0.15) is 0 Å². The number of rotatable bonds is 6. The number of likely N-dealkylation sites (tertiary alicyclic amines) is 1. The van der Waals surface area contributed by atoms with E-state index in [-0.39, 0.29) is 24.3 Å². The molecule has 0 spiro atoms. The average molecular weight is 409 g/mol. The van der Waals surface area contributed by atoms with Crippen LogP contribution in [-0.2, 0) is 4.79 Å². The van der Waals surface area contributed by atoms with E-state index in [0.717, 1.165) is 31.6 Å². The van der Waals surface area contributed by atoms with Gasteiger partial charge in [-0.3, -0.25) is 14.4 Å². The monoisotopic (exact) mass is 408 g/mol. The molecule has 0 atom stereocenters. The Labute approximate surface area is 177 Å². The summed E-state index contributed by atoms with van der Waals surface area (Å²) in [5, 5.41) is 5.86. The molecule has 2 aromatic rings. The summed E-state index contributed by atoms with van der Waals surface area (Å²) in [6.45, 7) is 1.68. The van der Waals surface area contributed by atoms with E-state index in [4.69, 9.17) is 0 Å². The topological polar surface area (TPSA) is 81.8 Å². The zero-order valence-electron chi connectivity index (χ0n) is 17.5. The molecule has 30 heavy (non-hydrogen) atoms. The maximum Gasteiger partial charge on any atom is 0.253 e. The maximum absolute atomic E-state index is 12.6. The number of carbonyl (C=O) groups excluding carboxylic acids is 3. The number of anilines is 2. The Morgan fingerprint density at radius 3 is 2.27 bits per heavy atom. The van der Waals surface area contributed by atoms with Crippen molar-refractivity contribution in [2.24, 2.45) is 0 Å². The molecule has 1 heterocycles. The van der Waals surface area contributed by atoms with Crippen molar-refractivity contribution >= 4 is 29.1 Å². The standard InChI is InChI=1S/C23H28N4O3/c1-26(2)22(29)17-9-11-19(12-10-17)25-21(28)16-24-20-8-6-7-18(15-20)23(30)27-13-4-3-5-14-27/h6-12,15,24H,3-5,13-14,16H2,1-2H3,(H,25,28). The van der Waals surface area contributed by atoms with Crippen LogP contribution in [0.4, 0.5) is 11.4 Å². The highest BCUT2D eigenvalue weighted by molar-refractivity contribution is 5.97. The normalized spacial score (nSPS) is 13.5. The number of amides is 3. The van der Waals surface area contributed by atoms with Gasteiger partial charge in [0.05, 0.1) is 6.54 Å². The van der Waals surface area contributed by atoms with E-state index in [0.29, 0.717) is 16.8 Å². The molecular weight excluding hydrogens is 380 g/mol. The number of hydrogen-bond acceptors (Lipinski definition) is 4. The molecule has 1 aliphatic rings. The highest BCUT2D eigenvalue weighted by atomic mass is 16.2. The van der Waals surface area contributed by atoms with E-state index in [1.807, 2.05) is 17.0 Å². The molecule has 0 bridgehead atoms. The molecule has 1 aliphatic heterocycles. The zero-order chi connectivity index (χ0) is 21.5. The average Bonchev–Trinajstić information content (AvgIpc) is 2.78. The minimum Gasteiger partial charge on any atom is -0.376 e. The highest BCUT2D eigenvalue weighted by Crippen LogP contribution is 2.16. The smallest absolute Gasteiger partial charge is 0.253 e. The molecule has 0 aliphatic carbocycles. The van der Waals surface area contributed by atoms with Crippen LogP contribution in [0.1, 0.15) is 40.0 Å². The number of nitrogens with zero attached hydrogens (tertiary/aromatic N) is 2. The van der Waals surface area contributed by atoms with E-state index < -0.39 is 0 Å². The summed E-state index contributed by atoms with van der Waals surface area (Å²) in [4.78, 5) is 40.2. The van der Waals surface area contributed by atoms with E-state index >= 15 is 0 Å². The van der Waals surface area contributed by atoms with Crippen LogP contribution in [0.3, 0.4) is 0 Å². The van der Waals surface area contributed by atoms with Gasteiger partial charge in [0.15, 0.2) is 0 Å². The summed E-state index contributed by atoms with van der Waals surface area (Å²) >= 11 is 0. The molecular formula is C23H28N4O3. The molecule has 158 valence electrons. The second-order valence-corrected chi connectivity index (χ2v) is 7.61. The molecule has 1 saturated heterocycles. The number of carbonyl (C=O) groups is 3. The van der Waals surface area contributed by atoms with Crippen LogP contribution in [-0.4, -0.2) is 61.3 Å². The molecule has 1 fully saturated rings. The van der Waals surface area contributed by atoms with E-state index in [9.17, 15) is 14.4 Å². The number of hydrogen-bond donors (Lipinski definition) is 2. The third-order valence-electron chi connectivity index (χ3n) is 5.03. The lowest BCUT2D eigenvalue weighted by Crippen LogP contribution is -2.35. The van der Waals surface area contributed by atoms with Gasteiger partial charge in [0.2, 0.25) is 5.91 Å². The van der Waals surface area contributed by atoms with Crippen LogP contribution in [0.2, 0.25) is 0 Å². The first-order chi connectivity index (χ1) is 14.4. The lowest BCUT2D eigenvalue weighted by molar-refractivity contribution is -0.114. The zero-order valence-corrected chi connectivity index (χ0v) is 17.5. The molecule has 0 aromatic heterocycles. The second-order valence-electron chi connectivity index (χ2n) is 7.61. The van der Waals surface area contributed by atoms with Crippen LogP contribution >= 0.6 is 0 Å². The lowest BCUT2D eigenvalue weighted by Gasteiger charge is -2.26. The van der Waals surface area contributed by atoms with Crippen molar-refractivity contribution in [1.29, 1.82) is 0 Å². The summed E-state index contributed by atoms with van der Waals surface area (Å²) in [5.74, 6) is -0.266. The van der Waals surface area contributed by atoms with Crippen molar-refractivity contribution in [2.45, 2.75) is 19.3 Å². The van der Waals surface area contributed by atoms with E-state index in [1.165, 1.54) is 11.3 Å². The Kier molecular flexibility index (Phi) is 7.06. The first-order valence-electron chi connectivity index (χ1n) is 10.2. The quantitative estimate of drug-likeness (QED) is 0.770. The molecule has 0 unspecified atom stereocenters. The summed E-state index contributed by atoms with van der Waals surface area (Å²) in [7, 11) is 3.39. The molecule has 0 saturated carbocycles. The van der Waals surface area contributed by atoms with E-state index in [2.05, 4.69) is 10.6 Å². The van der Waals surface area contributed by atoms with Crippen LogP contribution in [0.25, 0.3) is 0 Å². The second kappa shape index (κ2) is 9.91. The Bertz CT molecular complexity index is 903. The SMILES string of the molecule is CN(C)C(=O)c1ccc(NC(=O)CNc2cccc(C(=O)N3CCCCC3)c2)cc1. The van der Waals surface area contributed by atoms with Crippen molar-refractivity contribution in [2.75, 3.05) is 44.4 Å². The van der Waals surface area contributed by atoms with Gasteiger partial charge in [-0.15, -0.1) is 0 Å². The number of nitrogens with one attached hydrogen (secondary N) is 2. The van der Waals surface area contributed by atoms with Crippen molar-refractivity contribution in [3.05, 3.63) is 59.7 Å². The summed E-state index contributed by atoms with van der Waals surface area (Å²) < 4.78 is 0. The number of piperidine rings is 1. The van der Waals surface area contributed by atoms with E-state index in [1.54, 1.807) is 50.5 Å². The summed E-state index contributed by atoms with van der Waals surface area (Å²) in [6.07, 6.45) is 3.28. The van der Waals surface area contributed by atoms with Gasteiger partial charge in [0, 0.05) is 49.7 Å². The molecule has 7 heteroatoms. The molecule has 0 radical (unpaired) electrons. The fourth-order valence-corrected chi connectivity index (χ4v) is 3.38. The van der Waals surface area contributed by atoms with Gasteiger partial charge in [-0.2, -0.15) is 0 Å². The fraction of sp³-hybridized carbons (Fsp3) is 0.348. The first kappa shape index (κ1) is 21.4. The van der Waals surface area contributed by atoms with Crippen LogP contribution in [0.5, 0.6) is 0 Å². The van der Waals surface area contributed by atoms with Crippen LogP contribution < -0.4 is 10.6 Å². The Morgan fingerprint density at radius 2 is 1.60 bits per heavy atom. The highest BCUT2D eigenvalue weighted by Gasteiger charge is 2.18. The van der Waals surface area contributed by atoms with Crippen LogP contribution in [0.15, 0.2) is 48.5 Å². The molecule has 2 N–H and O–H groups in total. The van der Waals surface area contributed by atoms with Crippen LogP contribution in [0, 0.1) is 0 Å². The minimum absolute atomic E-state index is 0.0372. The van der Waals surface area contributed by atoms with Crippen molar-refractivity contribution in [3.8, 4) is 0 Å². The third kappa shape index (κ3) is 5.59. The molecule has 3 rings (SSSR count). The van der Waals surface area contributed by atoms with Crippen molar-refractivity contribution < 1.29 is 14.4 Å². The largest absolute Gasteiger partial charge is 0.376 e. The Hall–Kier alpha value is -3.35. The van der Waals surface area contributed by atoms with Crippen molar-refractivity contribution in [1.82, 2.24) is 9.80 Å². The molecule has 3 amide bonds. The van der Waals surface area contributed by atoms with Gasteiger partial charge >= 0.3 is 0 Å². The molecule has 7 nitrogen and oxygen atoms in total. The predicted octanol–water partition coefficient (Wildman–Crippen LogP) is 3.07. The van der Waals surface area contributed by atoms with Gasteiger partial charge in [-0.05, 0) is 61.7 Å². The van der Waals surface area contributed by atoms with Gasteiger partial charge in [-0.1, -0.05) is 6.07 Å². The minimum atomic E-state index is -0.213. The van der Waals surface area contributed by atoms with Gasteiger partial charge in [0.25, 0.3) is 11.8 Å². The summed E-state index contributed by atoms with van der Waals surface area (Å²) in [6, 6.07) is 14.0. The summed E-state index contributed by atoms with van der Waals surface area (Å²) in [5.41, 5.74) is 2.53. The Balaban J connectivity index is 1.53. The fourth-order valence-electron chi connectivity index (χ4n) is 3.38. The predicted molar refractivity (Wildman–Crippen MR) is 118 cm³/mol. The molecule has 2 aromatic carbocycles. The lowest BCUT2D eigenvalue weighted by atomic mass is 10.1. The van der Waals surface area contributed by atoms with Gasteiger partial charge < -0.3 is 20.4 Å². The Morgan fingerprint density at radius 1 is 0.900 bits per heavy atom. The first-order valence-corrected chi connectivity index (χ1v) is 10.2. The third-order valence-corrected chi connectivity index (χ3v) is 5.03. The van der Waals surface area contributed by atoms with Crippen molar-refractivity contribution in [3.63, 3.8) is 0 Å². The maximum atomic E-state index is 12.6.